The third-order valence-electron chi connectivity index (χ3n) is 6.16. The lowest BCUT2D eigenvalue weighted by atomic mass is 10.0. The van der Waals surface area contributed by atoms with Crippen molar-refractivity contribution in [3.05, 3.63) is 71.0 Å². The Morgan fingerprint density at radius 1 is 1.12 bits per heavy atom. The molecule has 32 heavy (non-hydrogen) atoms. The van der Waals surface area contributed by atoms with E-state index >= 15 is 0 Å². The summed E-state index contributed by atoms with van der Waals surface area (Å²) in [6.45, 7) is 4.90. The molecule has 1 fully saturated rings. The first-order chi connectivity index (χ1) is 15.5. The quantitative estimate of drug-likeness (QED) is 0.395. The van der Waals surface area contributed by atoms with Gasteiger partial charge in [0.2, 0.25) is 5.91 Å². The Morgan fingerprint density at radius 2 is 1.91 bits per heavy atom. The zero-order valence-corrected chi connectivity index (χ0v) is 19.1. The fourth-order valence-corrected chi connectivity index (χ4v) is 5.21. The molecule has 0 bridgehead atoms. The number of carbonyl (C=O) groups excluding carboxylic acids is 2. The van der Waals surface area contributed by atoms with E-state index in [1.807, 2.05) is 43.3 Å². The van der Waals surface area contributed by atoms with Crippen molar-refractivity contribution in [1.82, 2.24) is 14.8 Å². The van der Waals surface area contributed by atoms with E-state index in [-0.39, 0.29) is 16.9 Å². The molecule has 2 aliphatic rings. The standard InChI is InChI=1S/C25H26N4O2S/c1-16(23(31)21-10-11-22-20(14-21)12-13-28(22)17(2)30)32-25-27-26-24(19-8-9-19)29(25)15-18-6-4-3-5-7-18/h3-7,10-11,14,16,19H,8-9,12-13,15H2,1-2H3. The first-order valence-corrected chi connectivity index (χ1v) is 12.0. The molecule has 1 atom stereocenters. The molecular weight excluding hydrogens is 420 g/mol. The Morgan fingerprint density at radius 3 is 2.62 bits per heavy atom. The number of rotatable bonds is 7. The number of hydrogen-bond acceptors (Lipinski definition) is 5. The summed E-state index contributed by atoms with van der Waals surface area (Å²) in [6, 6.07) is 16.0. The number of fused-ring (bicyclic) bond motifs is 1. The summed E-state index contributed by atoms with van der Waals surface area (Å²) in [6.07, 6.45) is 3.09. The maximum atomic E-state index is 13.2. The summed E-state index contributed by atoms with van der Waals surface area (Å²) >= 11 is 1.47. The number of amides is 1. The molecule has 6 nitrogen and oxygen atoms in total. The maximum Gasteiger partial charge on any atom is 0.223 e. The van der Waals surface area contributed by atoms with Crippen molar-refractivity contribution in [3.8, 4) is 0 Å². The Balaban J connectivity index is 1.36. The van der Waals surface area contributed by atoms with Crippen LogP contribution in [0.2, 0.25) is 0 Å². The van der Waals surface area contributed by atoms with Gasteiger partial charge >= 0.3 is 0 Å². The highest BCUT2D eigenvalue weighted by molar-refractivity contribution is 8.00. The van der Waals surface area contributed by atoms with E-state index in [1.54, 1.807) is 11.8 Å². The van der Waals surface area contributed by atoms with Gasteiger partial charge in [-0.2, -0.15) is 0 Å². The largest absolute Gasteiger partial charge is 0.312 e. The fraction of sp³-hybridized carbons (Fsp3) is 0.360. The van der Waals surface area contributed by atoms with Crippen molar-refractivity contribution in [2.24, 2.45) is 0 Å². The minimum absolute atomic E-state index is 0.0379. The molecule has 0 spiro atoms. The Labute approximate surface area is 192 Å². The minimum atomic E-state index is -0.288. The number of nitrogens with zero attached hydrogens (tertiary/aromatic N) is 4. The number of benzene rings is 2. The van der Waals surface area contributed by atoms with Crippen LogP contribution in [0.15, 0.2) is 53.7 Å². The molecule has 5 rings (SSSR count). The Kier molecular flexibility index (Phi) is 5.59. The summed E-state index contributed by atoms with van der Waals surface area (Å²) in [5.41, 5.74) is 3.87. The molecule has 0 saturated heterocycles. The van der Waals surface area contributed by atoms with E-state index in [4.69, 9.17) is 0 Å². The van der Waals surface area contributed by atoms with E-state index < -0.39 is 0 Å². The van der Waals surface area contributed by atoms with Crippen LogP contribution in [0.5, 0.6) is 0 Å². The van der Waals surface area contributed by atoms with Crippen molar-refractivity contribution in [2.75, 3.05) is 11.4 Å². The molecule has 1 unspecified atom stereocenters. The summed E-state index contributed by atoms with van der Waals surface area (Å²) in [4.78, 5) is 26.8. The molecule has 3 aromatic rings. The van der Waals surface area contributed by atoms with Gasteiger partial charge < -0.3 is 9.47 Å². The first kappa shape index (κ1) is 20.9. The van der Waals surface area contributed by atoms with Crippen molar-refractivity contribution in [1.29, 1.82) is 0 Å². The lowest BCUT2D eigenvalue weighted by molar-refractivity contribution is -0.116. The van der Waals surface area contributed by atoms with E-state index in [9.17, 15) is 9.59 Å². The second-order valence-electron chi connectivity index (χ2n) is 8.58. The average Bonchev–Trinajstić information content (AvgIpc) is 3.43. The Bertz CT molecular complexity index is 1170. The van der Waals surface area contributed by atoms with Gasteiger partial charge in [0.25, 0.3) is 0 Å². The van der Waals surface area contributed by atoms with Gasteiger partial charge in [-0.25, -0.2) is 0 Å². The molecule has 1 aliphatic heterocycles. The zero-order chi connectivity index (χ0) is 22.2. The molecular formula is C25H26N4O2S. The number of Topliss-reactive ketones (excluding diaryl/α,β-unsaturated/α-hetero) is 1. The van der Waals surface area contributed by atoms with E-state index in [1.165, 1.54) is 17.3 Å². The molecule has 1 aromatic heterocycles. The first-order valence-electron chi connectivity index (χ1n) is 11.1. The number of aromatic nitrogens is 3. The summed E-state index contributed by atoms with van der Waals surface area (Å²) in [5.74, 6) is 1.61. The number of ketones is 1. The lowest BCUT2D eigenvalue weighted by Gasteiger charge is -2.16. The number of hydrogen-bond donors (Lipinski definition) is 0. The van der Waals surface area contributed by atoms with Gasteiger partial charge in [-0.15, -0.1) is 10.2 Å². The van der Waals surface area contributed by atoms with Crippen LogP contribution in [0.3, 0.4) is 0 Å². The van der Waals surface area contributed by atoms with E-state index in [0.29, 0.717) is 24.6 Å². The van der Waals surface area contributed by atoms with Gasteiger partial charge in [0.05, 0.1) is 11.8 Å². The van der Waals surface area contributed by atoms with Crippen LogP contribution in [0.1, 0.15) is 59.9 Å². The van der Waals surface area contributed by atoms with Crippen molar-refractivity contribution in [3.63, 3.8) is 0 Å². The molecule has 0 N–H and O–H groups in total. The van der Waals surface area contributed by atoms with Gasteiger partial charge in [-0.1, -0.05) is 42.1 Å². The third-order valence-corrected chi connectivity index (χ3v) is 7.24. The topological polar surface area (TPSA) is 68.1 Å². The number of anilines is 1. The van der Waals surface area contributed by atoms with Crippen molar-refractivity contribution in [2.45, 2.75) is 56.0 Å². The van der Waals surface area contributed by atoms with Crippen LogP contribution in [0.4, 0.5) is 5.69 Å². The van der Waals surface area contributed by atoms with Crippen LogP contribution in [-0.2, 0) is 17.8 Å². The molecule has 7 heteroatoms. The highest BCUT2D eigenvalue weighted by atomic mass is 32.2. The third kappa shape index (κ3) is 4.09. The zero-order valence-electron chi connectivity index (χ0n) is 18.3. The van der Waals surface area contributed by atoms with Gasteiger partial charge in [0.15, 0.2) is 10.9 Å². The monoisotopic (exact) mass is 446 g/mol. The van der Waals surface area contributed by atoms with Crippen LogP contribution in [0, 0.1) is 0 Å². The average molecular weight is 447 g/mol. The Hall–Kier alpha value is -2.93. The molecule has 2 heterocycles. The fourth-order valence-electron chi connectivity index (χ4n) is 4.27. The predicted molar refractivity (Wildman–Crippen MR) is 125 cm³/mol. The smallest absolute Gasteiger partial charge is 0.223 e. The summed E-state index contributed by atoms with van der Waals surface area (Å²) < 4.78 is 2.18. The maximum absolute atomic E-state index is 13.2. The summed E-state index contributed by atoms with van der Waals surface area (Å²) in [7, 11) is 0. The molecule has 164 valence electrons. The van der Waals surface area contributed by atoms with Gasteiger partial charge in [0, 0.05) is 30.6 Å². The normalized spacial score (nSPS) is 16.1. The van der Waals surface area contributed by atoms with Gasteiger partial charge in [-0.05, 0) is 55.5 Å². The molecule has 0 radical (unpaired) electrons. The number of thioether (sulfide) groups is 1. The highest BCUT2D eigenvalue weighted by Gasteiger charge is 2.31. The molecule has 1 saturated carbocycles. The van der Waals surface area contributed by atoms with Crippen LogP contribution < -0.4 is 4.90 Å². The van der Waals surface area contributed by atoms with Crippen LogP contribution in [0.25, 0.3) is 0 Å². The second-order valence-corrected chi connectivity index (χ2v) is 9.88. The SMILES string of the molecule is CC(=O)N1CCc2cc(C(=O)C(C)Sc3nnc(C4CC4)n3Cc3ccccc3)ccc21. The van der Waals surface area contributed by atoms with Crippen LogP contribution in [-0.4, -0.2) is 38.2 Å². The highest BCUT2D eigenvalue weighted by Crippen LogP contribution is 2.41. The molecule has 1 amide bonds. The molecule has 2 aromatic carbocycles. The lowest BCUT2D eigenvalue weighted by Crippen LogP contribution is -2.25. The van der Waals surface area contributed by atoms with Crippen molar-refractivity contribution < 1.29 is 9.59 Å². The van der Waals surface area contributed by atoms with Crippen LogP contribution >= 0.6 is 11.8 Å². The summed E-state index contributed by atoms with van der Waals surface area (Å²) in [5, 5.41) is 9.44. The van der Waals surface area contributed by atoms with Gasteiger partial charge in [0.1, 0.15) is 5.82 Å². The minimum Gasteiger partial charge on any atom is -0.312 e. The second kappa shape index (κ2) is 8.54. The number of carbonyl (C=O) groups is 2. The van der Waals surface area contributed by atoms with Gasteiger partial charge in [-0.3, -0.25) is 9.59 Å². The van der Waals surface area contributed by atoms with E-state index in [2.05, 4.69) is 26.9 Å². The van der Waals surface area contributed by atoms with E-state index in [0.717, 1.165) is 41.5 Å². The van der Waals surface area contributed by atoms with Crippen molar-refractivity contribution >= 4 is 29.1 Å². The predicted octanol–water partition coefficient (Wildman–Crippen LogP) is 4.48. The molecule has 1 aliphatic carbocycles.